The van der Waals surface area contributed by atoms with Crippen molar-refractivity contribution in [3.05, 3.63) is 35.9 Å². The van der Waals surface area contributed by atoms with Crippen molar-refractivity contribution in [3.8, 4) is 0 Å². The minimum absolute atomic E-state index is 0.302. The highest BCUT2D eigenvalue weighted by molar-refractivity contribution is 5.16. The predicted molar refractivity (Wildman–Crippen MR) is 82.5 cm³/mol. The topological polar surface area (TPSA) is 15.3 Å². The molecule has 1 aliphatic heterocycles. The molecule has 2 heteroatoms. The summed E-state index contributed by atoms with van der Waals surface area (Å²) in [6, 6.07) is 12.0. The molecule has 1 aromatic rings. The number of nitrogens with zero attached hydrogens (tertiary/aromatic N) is 1. The van der Waals surface area contributed by atoms with Crippen molar-refractivity contribution < 1.29 is 0 Å². The summed E-state index contributed by atoms with van der Waals surface area (Å²) in [6.07, 6.45) is 2.33. The molecule has 1 fully saturated rings. The highest BCUT2D eigenvalue weighted by Crippen LogP contribution is 2.24. The molecule has 1 saturated heterocycles. The highest BCUT2D eigenvalue weighted by atomic mass is 15.3. The van der Waals surface area contributed by atoms with Gasteiger partial charge in [-0.1, -0.05) is 37.3 Å². The van der Waals surface area contributed by atoms with Gasteiger partial charge in [-0.2, -0.15) is 0 Å². The molecule has 2 atom stereocenters. The van der Waals surface area contributed by atoms with E-state index in [1.165, 1.54) is 12.0 Å². The van der Waals surface area contributed by atoms with Gasteiger partial charge in [0.2, 0.25) is 0 Å². The summed E-state index contributed by atoms with van der Waals surface area (Å²) < 4.78 is 0. The first-order valence-corrected chi connectivity index (χ1v) is 7.57. The molecule has 2 nitrogen and oxygen atoms in total. The highest BCUT2D eigenvalue weighted by Gasteiger charge is 2.34. The summed E-state index contributed by atoms with van der Waals surface area (Å²) in [7, 11) is 0. The molecule has 1 aromatic carbocycles. The van der Waals surface area contributed by atoms with Gasteiger partial charge in [-0.15, -0.1) is 0 Å². The minimum Gasteiger partial charge on any atom is -0.311 e. The van der Waals surface area contributed by atoms with E-state index in [1.54, 1.807) is 0 Å². The lowest BCUT2D eigenvalue weighted by Gasteiger charge is -2.48. The fourth-order valence-electron chi connectivity index (χ4n) is 3.01. The zero-order valence-corrected chi connectivity index (χ0v) is 12.8. The third kappa shape index (κ3) is 3.58. The fourth-order valence-corrected chi connectivity index (χ4v) is 3.01. The Morgan fingerprint density at radius 2 is 1.95 bits per heavy atom. The van der Waals surface area contributed by atoms with Crippen molar-refractivity contribution in [1.29, 1.82) is 0 Å². The molecule has 0 aliphatic carbocycles. The van der Waals surface area contributed by atoms with E-state index in [9.17, 15) is 0 Å². The molecule has 106 valence electrons. The second-order valence-corrected chi connectivity index (χ2v) is 6.46. The van der Waals surface area contributed by atoms with Gasteiger partial charge in [-0.25, -0.2) is 0 Å². The molecule has 1 heterocycles. The Kier molecular flexibility index (Phi) is 4.64. The Bertz CT molecular complexity index is 386. The van der Waals surface area contributed by atoms with Crippen molar-refractivity contribution in [3.63, 3.8) is 0 Å². The summed E-state index contributed by atoms with van der Waals surface area (Å²) in [5, 5.41) is 3.70. The Balaban J connectivity index is 2.01. The smallest absolute Gasteiger partial charge is 0.0236 e. The fraction of sp³-hybridized carbons (Fsp3) is 0.647. The maximum Gasteiger partial charge on any atom is 0.0236 e. The predicted octanol–water partition coefficient (Wildman–Crippen LogP) is 3.08. The van der Waals surface area contributed by atoms with Crippen LogP contribution in [0.5, 0.6) is 0 Å². The van der Waals surface area contributed by atoms with Gasteiger partial charge in [0, 0.05) is 30.7 Å². The Morgan fingerprint density at radius 3 is 2.58 bits per heavy atom. The molecule has 1 aliphatic rings. The second-order valence-electron chi connectivity index (χ2n) is 6.46. The number of rotatable bonds is 4. The van der Waals surface area contributed by atoms with Crippen LogP contribution in [-0.2, 0) is 6.42 Å². The van der Waals surface area contributed by atoms with Gasteiger partial charge in [0.25, 0.3) is 0 Å². The SMILES string of the molecule is CCC(C)(C)N1CC(Cc2ccccc2)NCC1C. The largest absolute Gasteiger partial charge is 0.311 e. The van der Waals surface area contributed by atoms with Gasteiger partial charge in [0.15, 0.2) is 0 Å². The van der Waals surface area contributed by atoms with Gasteiger partial charge in [0.1, 0.15) is 0 Å². The summed E-state index contributed by atoms with van der Waals surface area (Å²) in [5.41, 5.74) is 1.74. The first kappa shape index (κ1) is 14.5. The molecule has 0 saturated carbocycles. The van der Waals surface area contributed by atoms with Crippen molar-refractivity contribution in [1.82, 2.24) is 10.2 Å². The van der Waals surface area contributed by atoms with Crippen molar-refractivity contribution >= 4 is 0 Å². The number of nitrogens with one attached hydrogen (secondary N) is 1. The first-order valence-electron chi connectivity index (χ1n) is 7.57. The molecule has 0 spiro atoms. The van der Waals surface area contributed by atoms with Gasteiger partial charge < -0.3 is 5.32 Å². The molecule has 0 amide bonds. The molecule has 0 radical (unpaired) electrons. The number of hydrogen-bond donors (Lipinski definition) is 1. The van der Waals surface area contributed by atoms with E-state index in [2.05, 4.69) is 68.2 Å². The third-order valence-electron chi connectivity index (χ3n) is 4.62. The molecule has 2 unspecified atom stereocenters. The van der Waals surface area contributed by atoms with E-state index in [0.29, 0.717) is 17.6 Å². The van der Waals surface area contributed by atoms with Crippen LogP contribution >= 0.6 is 0 Å². The average molecular weight is 260 g/mol. The summed E-state index contributed by atoms with van der Waals surface area (Å²) in [6.45, 7) is 11.6. The normalized spacial score (nSPS) is 25.5. The number of piperazine rings is 1. The Hall–Kier alpha value is -0.860. The van der Waals surface area contributed by atoms with Gasteiger partial charge in [-0.3, -0.25) is 4.90 Å². The first-order chi connectivity index (χ1) is 9.03. The third-order valence-corrected chi connectivity index (χ3v) is 4.62. The van der Waals surface area contributed by atoms with E-state index >= 15 is 0 Å². The van der Waals surface area contributed by atoms with Crippen molar-refractivity contribution in [2.75, 3.05) is 13.1 Å². The van der Waals surface area contributed by atoms with Crippen LogP contribution in [0.15, 0.2) is 30.3 Å². The lowest BCUT2D eigenvalue weighted by molar-refractivity contribution is 0.0360. The van der Waals surface area contributed by atoms with Gasteiger partial charge in [0.05, 0.1) is 0 Å². The van der Waals surface area contributed by atoms with Gasteiger partial charge >= 0.3 is 0 Å². The van der Waals surface area contributed by atoms with Crippen LogP contribution in [0.3, 0.4) is 0 Å². The molecule has 1 N–H and O–H groups in total. The Morgan fingerprint density at radius 1 is 1.26 bits per heavy atom. The molecule has 2 rings (SSSR count). The molecular weight excluding hydrogens is 232 g/mol. The summed E-state index contributed by atoms with van der Waals surface area (Å²) >= 11 is 0. The van der Waals surface area contributed by atoms with E-state index in [0.717, 1.165) is 19.5 Å². The quantitative estimate of drug-likeness (QED) is 0.895. The van der Waals surface area contributed by atoms with E-state index in [4.69, 9.17) is 0 Å². The molecular formula is C17H28N2. The van der Waals surface area contributed by atoms with Crippen molar-refractivity contribution in [2.24, 2.45) is 0 Å². The van der Waals surface area contributed by atoms with Crippen molar-refractivity contribution in [2.45, 2.75) is 58.2 Å². The standard InChI is InChI=1S/C17H28N2/c1-5-17(3,4)19-13-16(18-12-14(19)2)11-15-9-7-6-8-10-15/h6-10,14,16,18H,5,11-13H2,1-4H3. The monoisotopic (exact) mass is 260 g/mol. The molecule has 0 aromatic heterocycles. The van der Waals surface area contributed by atoms with Crippen LogP contribution in [0, 0.1) is 0 Å². The van der Waals surface area contributed by atoms with Crippen LogP contribution in [-0.4, -0.2) is 35.6 Å². The zero-order valence-electron chi connectivity index (χ0n) is 12.8. The molecule has 19 heavy (non-hydrogen) atoms. The average Bonchev–Trinajstić information content (AvgIpc) is 2.42. The number of benzene rings is 1. The lowest BCUT2D eigenvalue weighted by Crippen LogP contribution is -2.62. The summed E-state index contributed by atoms with van der Waals surface area (Å²) in [4.78, 5) is 2.68. The number of hydrogen-bond acceptors (Lipinski definition) is 2. The van der Waals surface area contributed by atoms with Crippen LogP contribution in [0.25, 0.3) is 0 Å². The second kappa shape index (κ2) is 6.06. The van der Waals surface area contributed by atoms with E-state index in [-0.39, 0.29) is 0 Å². The maximum absolute atomic E-state index is 3.70. The summed E-state index contributed by atoms with van der Waals surface area (Å²) in [5.74, 6) is 0. The van der Waals surface area contributed by atoms with E-state index in [1.807, 2.05) is 0 Å². The Labute approximate surface area is 118 Å². The maximum atomic E-state index is 3.70. The lowest BCUT2D eigenvalue weighted by atomic mass is 9.93. The molecule has 0 bridgehead atoms. The van der Waals surface area contributed by atoms with Crippen LogP contribution in [0.1, 0.15) is 39.7 Å². The van der Waals surface area contributed by atoms with E-state index < -0.39 is 0 Å². The van der Waals surface area contributed by atoms with Crippen LogP contribution < -0.4 is 5.32 Å². The van der Waals surface area contributed by atoms with Crippen LogP contribution in [0.4, 0.5) is 0 Å². The van der Waals surface area contributed by atoms with Crippen LogP contribution in [0.2, 0.25) is 0 Å². The minimum atomic E-state index is 0.302. The zero-order chi connectivity index (χ0) is 13.9. The van der Waals surface area contributed by atoms with Gasteiger partial charge in [-0.05, 0) is 39.2 Å².